The lowest BCUT2D eigenvalue weighted by Crippen LogP contribution is -2.44. The Kier molecular flexibility index (Phi) is 7.42. The molecule has 126 valence electrons. The van der Waals surface area contributed by atoms with Gasteiger partial charge in [-0.3, -0.25) is 9.67 Å². The van der Waals surface area contributed by atoms with Crippen LogP contribution in [0.5, 0.6) is 0 Å². The van der Waals surface area contributed by atoms with Gasteiger partial charge in [-0.15, -0.1) is 0 Å². The summed E-state index contributed by atoms with van der Waals surface area (Å²) in [4.78, 5) is 4.72. The summed E-state index contributed by atoms with van der Waals surface area (Å²) in [5.41, 5.74) is 2.29. The molecule has 0 spiro atoms. The Labute approximate surface area is 135 Å². The van der Waals surface area contributed by atoms with Crippen LogP contribution in [0.15, 0.2) is 11.1 Å². The molecule has 0 amide bonds. The number of nitrogens with zero attached hydrogens (tertiary/aromatic N) is 3. The number of guanidine groups is 1. The van der Waals surface area contributed by atoms with Gasteiger partial charge in [0.05, 0.1) is 5.69 Å². The van der Waals surface area contributed by atoms with Crippen LogP contribution in [-0.4, -0.2) is 34.9 Å². The topological polar surface area (TPSA) is 54.2 Å². The standard InChI is InChI=1S/C17H33N5/c1-8-18-17(20-16(7)12(2)3)19-10-13(4)11-22-15(6)9-14(5)21-22/h9,12-13,16H,8,10-11H2,1-7H3,(H2,18,19,20). The first-order valence-electron chi connectivity index (χ1n) is 8.39. The first kappa shape index (κ1) is 18.5. The first-order valence-corrected chi connectivity index (χ1v) is 8.39. The van der Waals surface area contributed by atoms with Gasteiger partial charge in [0.25, 0.3) is 0 Å². The van der Waals surface area contributed by atoms with Gasteiger partial charge in [-0.25, -0.2) is 0 Å². The van der Waals surface area contributed by atoms with Gasteiger partial charge in [0.2, 0.25) is 0 Å². The molecule has 0 aromatic carbocycles. The van der Waals surface area contributed by atoms with E-state index in [1.165, 1.54) is 5.69 Å². The van der Waals surface area contributed by atoms with Gasteiger partial charge < -0.3 is 10.6 Å². The van der Waals surface area contributed by atoms with Crippen LogP contribution in [0.2, 0.25) is 0 Å². The Morgan fingerprint density at radius 3 is 2.45 bits per heavy atom. The molecule has 0 aliphatic heterocycles. The van der Waals surface area contributed by atoms with Crippen molar-refractivity contribution in [3.63, 3.8) is 0 Å². The minimum absolute atomic E-state index is 0.407. The molecule has 0 aliphatic rings. The number of hydrogen-bond acceptors (Lipinski definition) is 2. The van der Waals surface area contributed by atoms with E-state index in [4.69, 9.17) is 4.99 Å². The highest BCUT2D eigenvalue weighted by Gasteiger charge is 2.10. The Morgan fingerprint density at radius 1 is 1.27 bits per heavy atom. The molecule has 0 radical (unpaired) electrons. The lowest BCUT2D eigenvalue weighted by Gasteiger charge is -2.21. The van der Waals surface area contributed by atoms with E-state index in [1.54, 1.807) is 0 Å². The van der Waals surface area contributed by atoms with E-state index in [0.29, 0.717) is 17.9 Å². The van der Waals surface area contributed by atoms with Gasteiger partial charge in [0.15, 0.2) is 5.96 Å². The van der Waals surface area contributed by atoms with Crippen molar-refractivity contribution in [1.29, 1.82) is 0 Å². The van der Waals surface area contributed by atoms with Gasteiger partial charge in [0, 0.05) is 31.4 Å². The smallest absolute Gasteiger partial charge is 0.191 e. The molecule has 22 heavy (non-hydrogen) atoms. The van der Waals surface area contributed by atoms with Crippen molar-refractivity contribution in [2.24, 2.45) is 16.8 Å². The van der Waals surface area contributed by atoms with Crippen LogP contribution < -0.4 is 10.6 Å². The fourth-order valence-electron chi connectivity index (χ4n) is 2.16. The molecule has 5 heteroatoms. The van der Waals surface area contributed by atoms with Gasteiger partial charge in [-0.05, 0) is 45.6 Å². The summed E-state index contributed by atoms with van der Waals surface area (Å²) in [6.07, 6.45) is 0. The molecule has 2 atom stereocenters. The second-order valence-corrected chi connectivity index (χ2v) is 6.61. The first-order chi connectivity index (χ1) is 10.3. The Hall–Kier alpha value is -1.52. The molecule has 1 heterocycles. The van der Waals surface area contributed by atoms with Crippen molar-refractivity contribution in [3.8, 4) is 0 Å². The molecular weight excluding hydrogens is 274 g/mol. The van der Waals surface area contributed by atoms with Gasteiger partial charge in [-0.2, -0.15) is 5.10 Å². The van der Waals surface area contributed by atoms with Crippen molar-refractivity contribution in [1.82, 2.24) is 20.4 Å². The lowest BCUT2D eigenvalue weighted by atomic mass is 10.1. The highest BCUT2D eigenvalue weighted by Crippen LogP contribution is 2.07. The lowest BCUT2D eigenvalue weighted by molar-refractivity contribution is 0.446. The Balaban J connectivity index is 2.59. The third kappa shape index (κ3) is 6.08. The van der Waals surface area contributed by atoms with Crippen LogP contribution in [0.25, 0.3) is 0 Å². The van der Waals surface area contributed by atoms with Crippen LogP contribution in [0.1, 0.15) is 46.0 Å². The normalized spacial score (nSPS) is 15.0. The largest absolute Gasteiger partial charge is 0.357 e. The molecule has 1 aromatic heterocycles. The molecule has 2 unspecified atom stereocenters. The number of hydrogen-bond donors (Lipinski definition) is 2. The number of rotatable bonds is 7. The summed E-state index contributed by atoms with van der Waals surface area (Å²) in [5.74, 6) is 1.93. The van der Waals surface area contributed by atoms with Crippen molar-refractivity contribution in [2.45, 2.75) is 61.1 Å². The zero-order chi connectivity index (χ0) is 16.7. The van der Waals surface area contributed by atoms with Crippen molar-refractivity contribution in [3.05, 3.63) is 17.5 Å². The zero-order valence-electron chi connectivity index (χ0n) is 15.3. The number of nitrogens with one attached hydrogen (secondary N) is 2. The molecule has 0 saturated carbocycles. The summed E-state index contributed by atoms with van der Waals surface area (Å²) >= 11 is 0. The fourth-order valence-corrected chi connectivity index (χ4v) is 2.16. The molecule has 0 fully saturated rings. The summed E-state index contributed by atoms with van der Waals surface area (Å²) in [6.45, 7) is 17.6. The molecule has 0 saturated heterocycles. The summed E-state index contributed by atoms with van der Waals surface area (Å²) < 4.78 is 2.08. The van der Waals surface area contributed by atoms with Crippen LogP contribution in [-0.2, 0) is 6.54 Å². The monoisotopic (exact) mass is 307 g/mol. The molecule has 5 nitrogen and oxygen atoms in total. The van der Waals surface area contributed by atoms with Crippen molar-refractivity contribution in [2.75, 3.05) is 13.1 Å². The van der Waals surface area contributed by atoms with E-state index in [1.807, 2.05) is 6.92 Å². The molecule has 0 aliphatic carbocycles. The van der Waals surface area contributed by atoms with Crippen molar-refractivity contribution < 1.29 is 0 Å². The molecule has 2 N–H and O–H groups in total. The Bertz CT molecular complexity index is 475. The van der Waals surface area contributed by atoms with E-state index >= 15 is 0 Å². The van der Waals surface area contributed by atoms with E-state index < -0.39 is 0 Å². The predicted octanol–water partition coefficient (Wildman–Crippen LogP) is 2.74. The molecule has 1 aromatic rings. The van der Waals surface area contributed by atoms with Crippen molar-refractivity contribution >= 4 is 5.96 Å². The van der Waals surface area contributed by atoms with E-state index in [9.17, 15) is 0 Å². The number of aryl methyl sites for hydroxylation is 2. The van der Waals surface area contributed by atoms with Crippen LogP contribution >= 0.6 is 0 Å². The third-order valence-electron chi connectivity index (χ3n) is 3.86. The van der Waals surface area contributed by atoms with Gasteiger partial charge in [-0.1, -0.05) is 20.8 Å². The van der Waals surface area contributed by atoms with Crippen LogP contribution in [0, 0.1) is 25.7 Å². The number of aromatic nitrogens is 2. The number of aliphatic imine (C=N–C) groups is 1. The maximum atomic E-state index is 4.72. The highest BCUT2D eigenvalue weighted by molar-refractivity contribution is 5.80. The maximum Gasteiger partial charge on any atom is 0.191 e. The van der Waals surface area contributed by atoms with E-state index in [-0.39, 0.29) is 0 Å². The van der Waals surface area contributed by atoms with E-state index in [0.717, 1.165) is 31.3 Å². The molecular formula is C17H33N5. The average molecular weight is 307 g/mol. The SMILES string of the molecule is CCNC(=NCC(C)Cn1nc(C)cc1C)NC(C)C(C)C. The minimum atomic E-state index is 0.407. The second-order valence-electron chi connectivity index (χ2n) is 6.61. The molecule has 0 bridgehead atoms. The van der Waals surface area contributed by atoms with E-state index in [2.05, 4.69) is 68.0 Å². The summed E-state index contributed by atoms with van der Waals surface area (Å²) in [5, 5.41) is 11.3. The van der Waals surface area contributed by atoms with Gasteiger partial charge in [0.1, 0.15) is 0 Å². The van der Waals surface area contributed by atoms with Crippen LogP contribution in [0.3, 0.4) is 0 Å². The average Bonchev–Trinajstić information content (AvgIpc) is 2.74. The molecule has 1 rings (SSSR count). The zero-order valence-corrected chi connectivity index (χ0v) is 15.3. The fraction of sp³-hybridized carbons (Fsp3) is 0.765. The maximum absolute atomic E-state index is 4.72. The Morgan fingerprint density at radius 2 is 1.95 bits per heavy atom. The van der Waals surface area contributed by atoms with Gasteiger partial charge >= 0.3 is 0 Å². The predicted molar refractivity (Wildman–Crippen MR) is 94.3 cm³/mol. The second kappa shape index (κ2) is 8.81. The minimum Gasteiger partial charge on any atom is -0.357 e. The quantitative estimate of drug-likeness (QED) is 0.601. The summed E-state index contributed by atoms with van der Waals surface area (Å²) in [7, 11) is 0. The highest BCUT2D eigenvalue weighted by atomic mass is 15.3. The van der Waals surface area contributed by atoms with Crippen LogP contribution in [0.4, 0.5) is 0 Å². The third-order valence-corrected chi connectivity index (χ3v) is 3.86. The summed E-state index contributed by atoms with van der Waals surface area (Å²) in [6, 6.07) is 2.52.